The molecule has 4 nitrogen and oxygen atoms in total. The summed E-state index contributed by atoms with van der Waals surface area (Å²) < 4.78 is 11.1. The molecule has 4 heteroatoms. The van der Waals surface area contributed by atoms with Crippen molar-refractivity contribution in [3.8, 4) is 0 Å². The van der Waals surface area contributed by atoms with E-state index in [2.05, 4.69) is 0 Å². The molecule has 0 radical (unpaired) electrons. The van der Waals surface area contributed by atoms with Crippen LogP contribution >= 0.6 is 0 Å². The fraction of sp³-hybridized carbons (Fsp3) is 0.467. The molecule has 1 aromatic carbocycles. The summed E-state index contributed by atoms with van der Waals surface area (Å²) in [6.07, 6.45) is 2.05. The number of aldehydes is 1. The summed E-state index contributed by atoms with van der Waals surface area (Å²) in [5, 5.41) is 0. The van der Waals surface area contributed by atoms with Gasteiger partial charge in [-0.15, -0.1) is 0 Å². The van der Waals surface area contributed by atoms with Crippen molar-refractivity contribution in [2.24, 2.45) is 0 Å². The van der Waals surface area contributed by atoms with Crippen molar-refractivity contribution in [1.82, 2.24) is 0 Å². The van der Waals surface area contributed by atoms with Crippen LogP contribution in [0.1, 0.15) is 48.7 Å². The topological polar surface area (TPSA) is 52.6 Å². The molecule has 2 unspecified atom stereocenters. The first-order valence-corrected chi connectivity index (χ1v) is 6.39. The SMILES string of the molecule is CC(=O)OC1(C)CCOC(c2ccc(C=O)cc2)C1. The third-order valence-electron chi connectivity index (χ3n) is 3.40. The highest BCUT2D eigenvalue weighted by Gasteiger charge is 2.36. The number of carbonyl (C=O) groups is 2. The summed E-state index contributed by atoms with van der Waals surface area (Å²) in [4.78, 5) is 21.8. The Kier molecular flexibility index (Phi) is 4.00. The van der Waals surface area contributed by atoms with Gasteiger partial charge in [-0.25, -0.2) is 0 Å². The van der Waals surface area contributed by atoms with E-state index in [1.807, 2.05) is 19.1 Å². The van der Waals surface area contributed by atoms with E-state index in [-0.39, 0.29) is 12.1 Å². The van der Waals surface area contributed by atoms with Gasteiger partial charge in [0.2, 0.25) is 0 Å². The molecule has 1 fully saturated rings. The van der Waals surface area contributed by atoms with Gasteiger partial charge in [-0.05, 0) is 12.5 Å². The fourth-order valence-electron chi connectivity index (χ4n) is 2.41. The van der Waals surface area contributed by atoms with Crippen molar-refractivity contribution >= 4 is 12.3 Å². The Balaban J connectivity index is 2.11. The number of esters is 1. The third-order valence-corrected chi connectivity index (χ3v) is 3.40. The average Bonchev–Trinajstić information content (AvgIpc) is 2.37. The van der Waals surface area contributed by atoms with Gasteiger partial charge in [0.1, 0.15) is 11.9 Å². The largest absolute Gasteiger partial charge is 0.459 e. The van der Waals surface area contributed by atoms with Crippen molar-refractivity contribution < 1.29 is 19.1 Å². The minimum Gasteiger partial charge on any atom is -0.459 e. The normalized spacial score (nSPS) is 26.7. The Morgan fingerprint density at radius 3 is 2.68 bits per heavy atom. The van der Waals surface area contributed by atoms with Gasteiger partial charge < -0.3 is 9.47 Å². The van der Waals surface area contributed by atoms with Gasteiger partial charge in [0.05, 0.1) is 12.7 Å². The highest BCUT2D eigenvalue weighted by Crippen LogP contribution is 2.36. The Bertz CT molecular complexity index is 466. The summed E-state index contributed by atoms with van der Waals surface area (Å²) in [6.45, 7) is 3.92. The maximum atomic E-state index is 11.1. The van der Waals surface area contributed by atoms with Crippen LogP contribution < -0.4 is 0 Å². The summed E-state index contributed by atoms with van der Waals surface area (Å²) >= 11 is 0. The lowest BCUT2D eigenvalue weighted by Crippen LogP contribution is -2.38. The molecule has 0 aromatic heterocycles. The van der Waals surface area contributed by atoms with Gasteiger partial charge in [0, 0.05) is 25.3 Å². The van der Waals surface area contributed by atoms with E-state index in [1.165, 1.54) is 6.92 Å². The second kappa shape index (κ2) is 5.53. The zero-order chi connectivity index (χ0) is 13.9. The molecule has 0 aliphatic carbocycles. The van der Waals surface area contributed by atoms with Gasteiger partial charge in [-0.1, -0.05) is 24.3 Å². The zero-order valence-corrected chi connectivity index (χ0v) is 11.2. The molecule has 0 saturated carbocycles. The van der Waals surface area contributed by atoms with Crippen LogP contribution in [0, 0.1) is 0 Å². The van der Waals surface area contributed by atoms with E-state index >= 15 is 0 Å². The maximum absolute atomic E-state index is 11.1. The molecule has 1 heterocycles. The highest BCUT2D eigenvalue weighted by atomic mass is 16.6. The zero-order valence-electron chi connectivity index (χ0n) is 11.2. The lowest BCUT2D eigenvalue weighted by molar-refractivity contribution is -0.170. The number of carbonyl (C=O) groups excluding carboxylic acids is 2. The molecular formula is C15H18O4. The second-order valence-corrected chi connectivity index (χ2v) is 5.14. The minimum atomic E-state index is -0.474. The van der Waals surface area contributed by atoms with Crippen LogP contribution in [-0.2, 0) is 14.3 Å². The highest BCUT2D eigenvalue weighted by molar-refractivity contribution is 5.74. The van der Waals surface area contributed by atoms with Crippen molar-refractivity contribution in [2.45, 2.75) is 38.4 Å². The molecule has 1 saturated heterocycles. The molecule has 0 bridgehead atoms. The van der Waals surface area contributed by atoms with Crippen LogP contribution in [0.2, 0.25) is 0 Å². The number of hydrogen-bond donors (Lipinski definition) is 0. The molecule has 1 aliphatic rings. The summed E-state index contributed by atoms with van der Waals surface area (Å²) in [5.74, 6) is -0.264. The molecule has 1 aliphatic heterocycles. The van der Waals surface area contributed by atoms with Gasteiger partial charge >= 0.3 is 5.97 Å². The van der Waals surface area contributed by atoms with E-state index < -0.39 is 5.60 Å². The third kappa shape index (κ3) is 3.41. The molecule has 1 aromatic rings. The van der Waals surface area contributed by atoms with E-state index in [0.29, 0.717) is 25.0 Å². The first-order chi connectivity index (χ1) is 9.02. The average molecular weight is 262 g/mol. The van der Waals surface area contributed by atoms with E-state index in [1.54, 1.807) is 12.1 Å². The number of ether oxygens (including phenoxy) is 2. The van der Waals surface area contributed by atoms with Crippen molar-refractivity contribution in [2.75, 3.05) is 6.61 Å². The summed E-state index contributed by atoms with van der Waals surface area (Å²) in [6, 6.07) is 7.30. The van der Waals surface area contributed by atoms with Crippen LogP contribution in [0.4, 0.5) is 0 Å². The Labute approximate surface area is 112 Å². The lowest BCUT2D eigenvalue weighted by Gasteiger charge is -2.37. The minimum absolute atomic E-state index is 0.0983. The standard InChI is InChI=1S/C15H18O4/c1-11(17)19-15(2)7-8-18-14(9-15)13-5-3-12(10-16)4-6-13/h3-6,10,14H,7-9H2,1-2H3. The van der Waals surface area contributed by atoms with Gasteiger partial charge in [0.15, 0.2) is 0 Å². The van der Waals surface area contributed by atoms with Crippen molar-refractivity contribution in [3.05, 3.63) is 35.4 Å². The monoisotopic (exact) mass is 262 g/mol. The molecule has 0 N–H and O–H groups in total. The molecule has 19 heavy (non-hydrogen) atoms. The van der Waals surface area contributed by atoms with Gasteiger partial charge in [-0.3, -0.25) is 9.59 Å². The van der Waals surface area contributed by atoms with Gasteiger partial charge in [0.25, 0.3) is 0 Å². The Morgan fingerprint density at radius 2 is 2.11 bits per heavy atom. The number of benzene rings is 1. The van der Waals surface area contributed by atoms with Crippen LogP contribution in [0.15, 0.2) is 24.3 Å². The smallest absolute Gasteiger partial charge is 0.303 e. The van der Waals surface area contributed by atoms with Crippen molar-refractivity contribution in [1.29, 1.82) is 0 Å². The first-order valence-electron chi connectivity index (χ1n) is 6.39. The molecule has 0 amide bonds. The molecule has 0 spiro atoms. The number of rotatable bonds is 3. The van der Waals surface area contributed by atoms with Gasteiger partial charge in [-0.2, -0.15) is 0 Å². The molecule has 2 atom stereocenters. The van der Waals surface area contributed by atoms with Crippen LogP contribution in [-0.4, -0.2) is 24.5 Å². The van der Waals surface area contributed by atoms with E-state index in [0.717, 1.165) is 11.8 Å². The van der Waals surface area contributed by atoms with E-state index in [9.17, 15) is 9.59 Å². The maximum Gasteiger partial charge on any atom is 0.303 e. The molecule has 102 valence electrons. The first kappa shape index (κ1) is 13.7. The lowest BCUT2D eigenvalue weighted by atomic mass is 9.89. The molecular weight excluding hydrogens is 244 g/mol. The van der Waals surface area contributed by atoms with Crippen LogP contribution in [0.5, 0.6) is 0 Å². The molecule has 2 rings (SSSR count). The fourth-order valence-corrected chi connectivity index (χ4v) is 2.41. The Morgan fingerprint density at radius 1 is 1.42 bits per heavy atom. The van der Waals surface area contributed by atoms with E-state index in [4.69, 9.17) is 9.47 Å². The summed E-state index contributed by atoms with van der Waals surface area (Å²) in [7, 11) is 0. The number of hydrogen-bond acceptors (Lipinski definition) is 4. The quantitative estimate of drug-likeness (QED) is 0.620. The predicted molar refractivity (Wildman–Crippen MR) is 69.9 cm³/mol. The Hall–Kier alpha value is -1.68. The second-order valence-electron chi connectivity index (χ2n) is 5.14. The van der Waals surface area contributed by atoms with Crippen LogP contribution in [0.3, 0.4) is 0 Å². The predicted octanol–water partition coefficient (Wildman–Crippen LogP) is 2.67. The van der Waals surface area contributed by atoms with Crippen molar-refractivity contribution in [3.63, 3.8) is 0 Å². The van der Waals surface area contributed by atoms with Crippen LogP contribution in [0.25, 0.3) is 0 Å². The summed E-state index contributed by atoms with van der Waals surface area (Å²) in [5.41, 5.74) is 1.17.